The van der Waals surface area contributed by atoms with E-state index in [2.05, 4.69) is 33.4 Å². The number of esters is 1. The predicted molar refractivity (Wildman–Crippen MR) is 134 cm³/mol. The number of carbonyl (C=O) groups is 2. The molecule has 0 aliphatic carbocycles. The molecule has 0 spiro atoms. The molecule has 3 aromatic carbocycles. The highest BCUT2D eigenvalue weighted by Crippen LogP contribution is 2.23. The zero-order chi connectivity index (χ0) is 24.2. The zero-order valence-electron chi connectivity index (χ0n) is 18.7. The van der Waals surface area contributed by atoms with Crippen LogP contribution in [0.2, 0.25) is 0 Å². The van der Waals surface area contributed by atoms with Crippen molar-refractivity contribution in [3.8, 4) is 17.2 Å². The van der Waals surface area contributed by atoms with Gasteiger partial charge in [-0.1, -0.05) is 47.5 Å². The molecule has 0 saturated heterocycles. The number of hydrazone groups is 1. The van der Waals surface area contributed by atoms with Crippen molar-refractivity contribution in [1.82, 2.24) is 5.43 Å². The van der Waals surface area contributed by atoms with Gasteiger partial charge in [0, 0.05) is 10.0 Å². The van der Waals surface area contributed by atoms with E-state index in [1.807, 2.05) is 6.07 Å². The third-order valence-electron chi connectivity index (χ3n) is 4.54. The summed E-state index contributed by atoms with van der Waals surface area (Å²) in [5, 5.41) is 3.95. The van der Waals surface area contributed by atoms with Gasteiger partial charge in [0.15, 0.2) is 6.61 Å². The first-order chi connectivity index (χ1) is 16.5. The molecule has 0 aromatic heterocycles. The molecule has 176 valence electrons. The normalized spacial score (nSPS) is 10.6. The molecule has 0 heterocycles. The van der Waals surface area contributed by atoms with E-state index >= 15 is 0 Å². The molecular weight excluding hydrogens is 500 g/mol. The number of unbranched alkanes of at least 4 members (excludes halogenated alkanes) is 1. The topological polar surface area (TPSA) is 86.2 Å². The first-order valence-electron chi connectivity index (χ1n) is 10.8. The molecule has 7 nitrogen and oxygen atoms in total. The summed E-state index contributed by atoms with van der Waals surface area (Å²) < 4.78 is 17.3. The minimum Gasteiger partial charge on any atom is -0.494 e. The van der Waals surface area contributed by atoms with Crippen LogP contribution >= 0.6 is 15.9 Å². The van der Waals surface area contributed by atoms with Crippen LogP contribution in [0.5, 0.6) is 17.2 Å². The highest BCUT2D eigenvalue weighted by atomic mass is 79.9. The number of rotatable bonds is 11. The molecule has 8 heteroatoms. The lowest BCUT2D eigenvalue weighted by Gasteiger charge is -2.09. The Balaban J connectivity index is 1.52. The van der Waals surface area contributed by atoms with Gasteiger partial charge in [-0.3, -0.25) is 4.79 Å². The molecule has 0 aliphatic heterocycles. The van der Waals surface area contributed by atoms with Gasteiger partial charge in [0.05, 0.1) is 18.4 Å². The van der Waals surface area contributed by atoms with Gasteiger partial charge in [0.25, 0.3) is 5.91 Å². The number of nitrogens with one attached hydrogen (secondary N) is 1. The van der Waals surface area contributed by atoms with E-state index < -0.39 is 11.9 Å². The summed E-state index contributed by atoms with van der Waals surface area (Å²) in [6.45, 7) is 2.57. The van der Waals surface area contributed by atoms with E-state index in [4.69, 9.17) is 14.2 Å². The SMILES string of the molecule is CCCCOc1ccc(OCC(=O)N/N=C\c2cc(Br)ccc2OC(=O)c2ccccc2)cc1. The van der Waals surface area contributed by atoms with E-state index in [9.17, 15) is 9.59 Å². The highest BCUT2D eigenvalue weighted by Gasteiger charge is 2.11. The lowest BCUT2D eigenvalue weighted by Crippen LogP contribution is -2.24. The molecule has 3 rings (SSSR count). The van der Waals surface area contributed by atoms with Gasteiger partial charge >= 0.3 is 5.97 Å². The number of carbonyl (C=O) groups excluding carboxylic acids is 2. The first kappa shape index (κ1) is 25.0. The Kier molecular flexibility index (Phi) is 9.66. The maximum atomic E-state index is 12.4. The van der Waals surface area contributed by atoms with Crippen molar-refractivity contribution >= 4 is 34.0 Å². The van der Waals surface area contributed by atoms with E-state index in [-0.39, 0.29) is 6.61 Å². The lowest BCUT2D eigenvalue weighted by atomic mass is 10.2. The summed E-state index contributed by atoms with van der Waals surface area (Å²) in [5.74, 6) is 0.693. The van der Waals surface area contributed by atoms with Crippen molar-refractivity contribution < 1.29 is 23.8 Å². The average Bonchev–Trinajstić information content (AvgIpc) is 2.86. The van der Waals surface area contributed by atoms with Gasteiger partial charge in [0.2, 0.25) is 0 Å². The summed E-state index contributed by atoms with van der Waals surface area (Å²) in [4.78, 5) is 24.5. The third kappa shape index (κ3) is 8.04. The van der Waals surface area contributed by atoms with Gasteiger partial charge in [-0.05, 0) is 61.0 Å². The molecule has 0 bridgehead atoms. The number of hydrogen-bond acceptors (Lipinski definition) is 6. The van der Waals surface area contributed by atoms with E-state index in [1.165, 1.54) is 6.21 Å². The lowest BCUT2D eigenvalue weighted by molar-refractivity contribution is -0.123. The van der Waals surface area contributed by atoms with E-state index in [0.29, 0.717) is 29.2 Å². The fourth-order valence-electron chi connectivity index (χ4n) is 2.77. The fourth-order valence-corrected chi connectivity index (χ4v) is 3.15. The van der Waals surface area contributed by atoms with Crippen molar-refractivity contribution in [2.75, 3.05) is 13.2 Å². The Morgan fingerprint density at radius 3 is 2.38 bits per heavy atom. The van der Waals surface area contributed by atoms with Crippen molar-refractivity contribution in [2.45, 2.75) is 19.8 Å². The monoisotopic (exact) mass is 524 g/mol. The molecule has 0 fully saturated rings. The molecule has 1 N–H and O–H groups in total. The number of ether oxygens (including phenoxy) is 3. The van der Waals surface area contributed by atoms with Gasteiger partial charge in [-0.2, -0.15) is 5.10 Å². The van der Waals surface area contributed by atoms with Crippen LogP contribution in [0.1, 0.15) is 35.7 Å². The van der Waals surface area contributed by atoms with Gasteiger partial charge in [-0.15, -0.1) is 0 Å². The molecule has 0 radical (unpaired) electrons. The second-order valence-corrected chi connectivity index (χ2v) is 8.11. The summed E-state index contributed by atoms with van der Waals surface area (Å²) >= 11 is 3.38. The van der Waals surface area contributed by atoms with Crippen LogP contribution in [0.3, 0.4) is 0 Å². The van der Waals surface area contributed by atoms with Gasteiger partial charge < -0.3 is 14.2 Å². The molecule has 1 amide bonds. The van der Waals surface area contributed by atoms with Crippen LogP contribution in [0.25, 0.3) is 0 Å². The number of halogens is 1. The Hall–Kier alpha value is -3.65. The second kappa shape index (κ2) is 13.2. The van der Waals surface area contributed by atoms with Crippen molar-refractivity contribution in [3.05, 3.63) is 88.4 Å². The molecule has 3 aromatic rings. The molecule has 0 atom stereocenters. The third-order valence-corrected chi connectivity index (χ3v) is 5.03. The van der Waals surface area contributed by atoms with Gasteiger partial charge in [-0.25, -0.2) is 10.2 Å². The Labute approximate surface area is 206 Å². The summed E-state index contributed by atoms with van der Waals surface area (Å²) in [5.41, 5.74) is 3.35. The van der Waals surface area contributed by atoms with Crippen molar-refractivity contribution in [2.24, 2.45) is 5.10 Å². The highest BCUT2D eigenvalue weighted by molar-refractivity contribution is 9.10. The number of benzene rings is 3. The largest absolute Gasteiger partial charge is 0.494 e. The quantitative estimate of drug-likeness (QED) is 0.120. The van der Waals surface area contributed by atoms with Crippen LogP contribution in [-0.4, -0.2) is 31.3 Å². The van der Waals surface area contributed by atoms with E-state index in [1.54, 1.807) is 66.7 Å². The Bertz CT molecular complexity index is 1120. The Morgan fingerprint density at radius 2 is 1.68 bits per heavy atom. The smallest absolute Gasteiger partial charge is 0.343 e. The van der Waals surface area contributed by atoms with Crippen LogP contribution in [0.4, 0.5) is 0 Å². The standard InChI is InChI=1S/C26H25BrN2O5/c1-2-3-15-32-22-10-12-23(13-11-22)33-18-25(30)29-28-17-20-16-21(27)9-14-24(20)34-26(31)19-7-5-4-6-8-19/h4-14,16-17H,2-3,15,18H2,1H3,(H,29,30)/b28-17-. The average molecular weight is 525 g/mol. The second-order valence-electron chi connectivity index (χ2n) is 7.19. The van der Waals surface area contributed by atoms with Crippen LogP contribution < -0.4 is 19.6 Å². The van der Waals surface area contributed by atoms with Crippen LogP contribution in [0.15, 0.2) is 82.4 Å². The van der Waals surface area contributed by atoms with Crippen LogP contribution in [0, 0.1) is 0 Å². The molecule has 0 unspecified atom stereocenters. The number of nitrogens with zero attached hydrogens (tertiary/aromatic N) is 1. The minimum atomic E-state index is -0.489. The molecule has 0 saturated carbocycles. The van der Waals surface area contributed by atoms with Crippen molar-refractivity contribution in [1.29, 1.82) is 0 Å². The number of amides is 1. The fraction of sp³-hybridized carbons (Fsp3) is 0.192. The van der Waals surface area contributed by atoms with Gasteiger partial charge in [0.1, 0.15) is 17.2 Å². The number of hydrogen-bond donors (Lipinski definition) is 1. The maximum absolute atomic E-state index is 12.4. The molecular formula is C26H25BrN2O5. The summed E-state index contributed by atoms with van der Waals surface area (Å²) in [7, 11) is 0. The molecule has 34 heavy (non-hydrogen) atoms. The summed E-state index contributed by atoms with van der Waals surface area (Å²) in [6, 6.07) is 20.9. The zero-order valence-corrected chi connectivity index (χ0v) is 20.3. The molecule has 0 aliphatic rings. The van der Waals surface area contributed by atoms with E-state index in [0.717, 1.165) is 23.1 Å². The maximum Gasteiger partial charge on any atom is 0.343 e. The minimum absolute atomic E-state index is 0.207. The predicted octanol–water partition coefficient (Wildman–Crippen LogP) is 5.38. The summed E-state index contributed by atoms with van der Waals surface area (Å²) in [6.07, 6.45) is 3.47. The van der Waals surface area contributed by atoms with Crippen molar-refractivity contribution in [3.63, 3.8) is 0 Å². The Morgan fingerprint density at radius 1 is 0.971 bits per heavy atom. The van der Waals surface area contributed by atoms with Crippen LogP contribution in [-0.2, 0) is 4.79 Å². The first-order valence-corrected chi connectivity index (χ1v) is 11.6.